The van der Waals surface area contributed by atoms with Gasteiger partial charge < -0.3 is 10.1 Å². The van der Waals surface area contributed by atoms with E-state index in [0.717, 1.165) is 17.9 Å². The average Bonchev–Trinajstić information content (AvgIpc) is 2.53. The molecule has 0 aliphatic carbocycles. The van der Waals surface area contributed by atoms with E-state index in [1.165, 1.54) is 5.56 Å². The lowest BCUT2D eigenvalue weighted by Crippen LogP contribution is -2.17. The number of nitrogens with one attached hydrogen (secondary N) is 1. The van der Waals surface area contributed by atoms with Crippen molar-refractivity contribution in [3.63, 3.8) is 0 Å². The molecule has 0 bridgehead atoms. The van der Waals surface area contributed by atoms with E-state index >= 15 is 0 Å². The Morgan fingerprint density at radius 1 is 1.33 bits per heavy atom. The molecular formula is C17H19N3O. The van der Waals surface area contributed by atoms with Crippen LogP contribution in [0.4, 0.5) is 0 Å². The zero-order valence-electron chi connectivity index (χ0n) is 12.3. The van der Waals surface area contributed by atoms with Gasteiger partial charge in [0.2, 0.25) is 0 Å². The van der Waals surface area contributed by atoms with Crippen molar-refractivity contribution in [2.75, 3.05) is 6.54 Å². The van der Waals surface area contributed by atoms with E-state index in [0.29, 0.717) is 12.3 Å². The molecule has 0 aliphatic heterocycles. The highest BCUT2D eigenvalue weighted by Gasteiger charge is 2.06. The van der Waals surface area contributed by atoms with E-state index < -0.39 is 0 Å². The number of benzene rings is 1. The van der Waals surface area contributed by atoms with Gasteiger partial charge in [-0.25, -0.2) is 4.98 Å². The van der Waals surface area contributed by atoms with Crippen LogP contribution in [0.5, 0.6) is 5.75 Å². The number of aromatic nitrogens is 1. The van der Waals surface area contributed by atoms with E-state index in [-0.39, 0.29) is 6.04 Å². The summed E-state index contributed by atoms with van der Waals surface area (Å²) in [5.41, 5.74) is 2.39. The second kappa shape index (κ2) is 7.41. The standard InChI is InChI=1S/C17H19N3O/c1-3-19-13(2)14-6-4-8-16(10-14)21-12-15-7-5-9-20-17(15)11-18/h4-10,13,19H,3,12H2,1-2H3. The van der Waals surface area contributed by atoms with Gasteiger partial charge in [0, 0.05) is 17.8 Å². The van der Waals surface area contributed by atoms with Gasteiger partial charge in [0.05, 0.1) is 0 Å². The van der Waals surface area contributed by atoms with Crippen LogP contribution < -0.4 is 10.1 Å². The van der Waals surface area contributed by atoms with Crippen molar-refractivity contribution in [3.05, 3.63) is 59.4 Å². The van der Waals surface area contributed by atoms with Crippen LogP contribution in [0.1, 0.15) is 36.7 Å². The van der Waals surface area contributed by atoms with Crippen molar-refractivity contribution in [2.24, 2.45) is 0 Å². The lowest BCUT2D eigenvalue weighted by atomic mass is 10.1. The van der Waals surface area contributed by atoms with Gasteiger partial charge in [-0.3, -0.25) is 0 Å². The molecule has 0 aliphatic rings. The zero-order valence-corrected chi connectivity index (χ0v) is 12.3. The van der Waals surface area contributed by atoms with Gasteiger partial charge in [-0.1, -0.05) is 25.1 Å². The topological polar surface area (TPSA) is 57.9 Å². The Morgan fingerprint density at radius 3 is 2.95 bits per heavy atom. The summed E-state index contributed by atoms with van der Waals surface area (Å²) in [6.07, 6.45) is 1.61. The SMILES string of the molecule is CCNC(C)c1cccc(OCc2cccnc2C#N)c1. The zero-order chi connectivity index (χ0) is 15.1. The summed E-state index contributed by atoms with van der Waals surface area (Å²) in [5, 5.41) is 12.4. The van der Waals surface area contributed by atoms with Gasteiger partial charge in [0.25, 0.3) is 0 Å². The Balaban J connectivity index is 2.07. The molecule has 4 heteroatoms. The summed E-state index contributed by atoms with van der Waals surface area (Å²) in [6.45, 7) is 5.48. The summed E-state index contributed by atoms with van der Waals surface area (Å²) >= 11 is 0. The molecule has 1 aromatic carbocycles. The van der Waals surface area contributed by atoms with Gasteiger partial charge in [-0.15, -0.1) is 0 Å². The first-order chi connectivity index (χ1) is 10.2. The van der Waals surface area contributed by atoms with E-state index in [9.17, 15) is 0 Å². The minimum atomic E-state index is 0.284. The summed E-state index contributed by atoms with van der Waals surface area (Å²) in [5.74, 6) is 0.796. The van der Waals surface area contributed by atoms with E-state index in [1.54, 1.807) is 6.20 Å². The first-order valence-electron chi connectivity index (χ1n) is 7.04. The average molecular weight is 281 g/mol. The van der Waals surface area contributed by atoms with Gasteiger partial charge >= 0.3 is 0 Å². The summed E-state index contributed by atoms with van der Waals surface area (Å²) in [7, 11) is 0. The van der Waals surface area contributed by atoms with Crippen molar-refractivity contribution in [1.29, 1.82) is 5.26 Å². The molecule has 0 spiro atoms. The van der Waals surface area contributed by atoms with Crippen molar-refractivity contribution in [1.82, 2.24) is 10.3 Å². The molecule has 1 heterocycles. The molecule has 1 N–H and O–H groups in total. The number of pyridine rings is 1. The van der Waals surface area contributed by atoms with Gasteiger partial charge in [-0.2, -0.15) is 5.26 Å². The van der Waals surface area contributed by atoms with Crippen molar-refractivity contribution in [2.45, 2.75) is 26.5 Å². The Kier molecular flexibility index (Phi) is 5.30. The molecule has 0 saturated carbocycles. The Hall–Kier alpha value is -2.38. The third kappa shape index (κ3) is 4.04. The molecule has 2 aromatic rings. The summed E-state index contributed by atoms with van der Waals surface area (Å²) < 4.78 is 5.78. The predicted molar refractivity (Wildman–Crippen MR) is 81.8 cm³/mol. The third-order valence-corrected chi connectivity index (χ3v) is 3.26. The lowest BCUT2D eigenvalue weighted by Gasteiger charge is -2.14. The third-order valence-electron chi connectivity index (χ3n) is 3.26. The maximum Gasteiger partial charge on any atom is 0.147 e. The number of ether oxygens (including phenoxy) is 1. The van der Waals surface area contributed by atoms with E-state index in [4.69, 9.17) is 10.00 Å². The molecule has 0 radical (unpaired) electrons. The van der Waals surface area contributed by atoms with Gasteiger partial charge in [0.15, 0.2) is 0 Å². The second-order valence-corrected chi connectivity index (χ2v) is 4.76. The van der Waals surface area contributed by atoms with Crippen molar-refractivity contribution in [3.8, 4) is 11.8 Å². The van der Waals surface area contributed by atoms with Crippen LogP contribution >= 0.6 is 0 Å². The van der Waals surface area contributed by atoms with Crippen molar-refractivity contribution >= 4 is 0 Å². The molecule has 4 nitrogen and oxygen atoms in total. The molecule has 2 rings (SSSR count). The van der Waals surface area contributed by atoms with Crippen LogP contribution in [0.2, 0.25) is 0 Å². The first kappa shape index (κ1) is 15.0. The van der Waals surface area contributed by atoms with E-state index in [2.05, 4.69) is 36.3 Å². The second-order valence-electron chi connectivity index (χ2n) is 4.76. The molecule has 1 aromatic heterocycles. The molecule has 1 unspecified atom stereocenters. The number of hydrogen-bond donors (Lipinski definition) is 1. The van der Waals surface area contributed by atoms with Crippen LogP contribution in [0.25, 0.3) is 0 Å². The normalized spacial score (nSPS) is 11.7. The molecule has 0 fully saturated rings. The Morgan fingerprint density at radius 2 is 2.19 bits per heavy atom. The summed E-state index contributed by atoms with van der Waals surface area (Å²) in [4.78, 5) is 4.03. The fourth-order valence-electron chi connectivity index (χ4n) is 2.11. The van der Waals surface area contributed by atoms with Gasteiger partial charge in [0.1, 0.15) is 24.1 Å². The minimum Gasteiger partial charge on any atom is -0.489 e. The van der Waals surface area contributed by atoms with E-state index in [1.807, 2.05) is 30.3 Å². The van der Waals surface area contributed by atoms with Crippen LogP contribution in [-0.2, 0) is 6.61 Å². The molecule has 0 amide bonds. The van der Waals surface area contributed by atoms with Crippen LogP contribution in [0.3, 0.4) is 0 Å². The molecule has 108 valence electrons. The number of rotatable bonds is 6. The largest absolute Gasteiger partial charge is 0.489 e. The van der Waals surface area contributed by atoms with Crippen LogP contribution in [-0.4, -0.2) is 11.5 Å². The van der Waals surface area contributed by atoms with Gasteiger partial charge in [-0.05, 0) is 37.2 Å². The monoisotopic (exact) mass is 281 g/mol. The highest BCUT2D eigenvalue weighted by atomic mass is 16.5. The number of hydrogen-bond acceptors (Lipinski definition) is 4. The fourth-order valence-corrected chi connectivity index (χ4v) is 2.11. The molecule has 0 saturated heterocycles. The smallest absolute Gasteiger partial charge is 0.147 e. The summed E-state index contributed by atoms with van der Waals surface area (Å²) in [6, 6.07) is 14.0. The fraction of sp³-hybridized carbons (Fsp3) is 0.294. The Bertz CT molecular complexity index is 634. The number of nitrogens with zero attached hydrogens (tertiary/aromatic N) is 2. The maximum absolute atomic E-state index is 9.02. The minimum absolute atomic E-state index is 0.284. The maximum atomic E-state index is 9.02. The highest BCUT2D eigenvalue weighted by Crippen LogP contribution is 2.20. The van der Waals surface area contributed by atoms with Crippen LogP contribution in [0.15, 0.2) is 42.6 Å². The predicted octanol–water partition coefficient (Wildman–Crippen LogP) is 3.20. The quantitative estimate of drug-likeness (QED) is 0.883. The highest BCUT2D eigenvalue weighted by molar-refractivity contribution is 5.33. The molecule has 1 atom stereocenters. The lowest BCUT2D eigenvalue weighted by molar-refractivity contribution is 0.304. The first-order valence-corrected chi connectivity index (χ1v) is 7.04. The van der Waals surface area contributed by atoms with Crippen LogP contribution in [0, 0.1) is 11.3 Å². The number of nitriles is 1. The molecular weight excluding hydrogens is 262 g/mol. The Labute approximate surface area is 125 Å². The van der Waals surface area contributed by atoms with Crippen molar-refractivity contribution < 1.29 is 4.74 Å². The molecule has 21 heavy (non-hydrogen) atoms.